The van der Waals surface area contributed by atoms with Gasteiger partial charge in [-0.2, -0.15) is 5.10 Å². The van der Waals surface area contributed by atoms with E-state index in [1.165, 1.54) is 12.1 Å². The van der Waals surface area contributed by atoms with Crippen LogP contribution in [0.5, 0.6) is 0 Å². The molecule has 5 rings (SSSR count). The summed E-state index contributed by atoms with van der Waals surface area (Å²) >= 11 is 0. The first-order valence-electron chi connectivity index (χ1n) is 13.3. The van der Waals surface area contributed by atoms with Gasteiger partial charge in [-0.25, -0.2) is 9.37 Å². The predicted octanol–water partition coefficient (Wildman–Crippen LogP) is 0.239. The van der Waals surface area contributed by atoms with E-state index in [-0.39, 0.29) is 23.7 Å². The fourth-order valence-electron chi connectivity index (χ4n) is 5.11. The SMILES string of the molecule is O=C(CN1CCN(c2nncc(-c3ccc(F)cc3)n2)CC1)NC1CCN(CC(=O)N2CCOCC2)CC1. The molecule has 1 aromatic heterocycles. The summed E-state index contributed by atoms with van der Waals surface area (Å²) in [4.78, 5) is 38.1. The largest absolute Gasteiger partial charge is 0.378 e. The van der Waals surface area contributed by atoms with Crippen molar-refractivity contribution >= 4 is 17.8 Å². The van der Waals surface area contributed by atoms with Crippen molar-refractivity contribution in [2.24, 2.45) is 0 Å². The average molecular weight is 527 g/mol. The van der Waals surface area contributed by atoms with Crippen LogP contribution in [-0.4, -0.2) is 126 Å². The monoisotopic (exact) mass is 526 g/mol. The molecule has 1 aromatic carbocycles. The van der Waals surface area contributed by atoms with Gasteiger partial charge in [0, 0.05) is 64.0 Å². The van der Waals surface area contributed by atoms with Gasteiger partial charge in [-0.15, -0.1) is 5.10 Å². The summed E-state index contributed by atoms with van der Waals surface area (Å²) < 4.78 is 18.6. The summed E-state index contributed by atoms with van der Waals surface area (Å²) in [7, 11) is 0. The van der Waals surface area contributed by atoms with Crippen molar-refractivity contribution in [2.45, 2.75) is 18.9 Å². The molecule has 3 saturated heterocycles. The lowest BCUT2D eigenvalue weighted by Gasteiger charge is -2.36. The van der Waals surface area contributed by atoms with Crippen LogP contribution in [-0.2, 0) is 14.3 Å². The van der Waals surface area contributed by atoms with E-state index in [2.05, 4.69) is 35.2 Å². The minimum atomic E-state index is -0.294. The maximum absolute atomic E-state index is 13.2. The second-order valence-corrected chi connectivity index (χ2v) is 10.0. The van der Waals surface area contributed by atoms with E-state index in [0.29, 0.717) is 64.1 Å². The lowest BCUT2D eigenvalue weighted by Crippen LogP contribution is -2.53. The fourth-order valence-corrected chi connectivity index (χ4v) is 5.11. The molecule has 38 heavy (non-hydrogen) atoms. The molecule has 0 unspecified atom stereocenters. The number of morpholine rings is 1. The number of ether oxygens (including phenoxy) is 1. The first-order valence-corrected chi connectivity index (χ1v) is 13.3. The van der Waals surface area contributed by atoms with Gasteiger partial charge in [0.15, 0.2) is 0 Å². The maximum Gasteiger partial charge on any atom is 0.245 e. The van der Waals surface area contributed by atoms with Crippen molar-refractivity contribution in [3.63, 3.8) is 0 Å². The van der Waals surface area contributed by atoms with Gasteiger partial charge < -0.3 is 19.9 Å². The van der Waals surface area contributed by atoms with Crippen LogP contribution in [0.25, 0.3) is 11.3 Å². The highest BCUT2D eigenvalue weighted by molar-refractivity contribution is 5.79. The van der Waals surface area contributed by atoms with Gasteiger partial charge in [0.2, 0.25) is 17.8 Å². The normalized spacial score (nSPS) is 19.9. The first-order chi connectivity index (χ1) is 18.5. The quantitative estimate of drug-likeness (QED) is 0.543. The lowest BCUT2D eigenvalue weighted by molar-refractivity contribution is -0.137. The average Bonchev–Trinajstić information content (AvgIpc) is 2.95. The molecule has 2 aromatic rings. The molecule has 12 heteroatoms. The molecule has 2 amide bonds. The van der Waals surface area contributed by atoms with Gasteiger partial charge in [-0.3, -0.25) is 19.4 Å². The summed E-state index contributed by atoms with van der Waals surface area (Å²) in [5, 5.41) is 11.4. The maximum atomic E-state index is 13.2. The van der Waals surface area contributed by atoms with Crippen molar-refractivity contribution in [3.8, 4) is 11.3 Å². The van der Waals surface area contributed by atoms with E-state index in [1.807, 2.05) is 4.90 Å². The number of amides is 2. The number of halogens is 1. The Morgan fingerprint density at radius 2 is 1.61 bits per heavy atom. The zero-order chi connectivity index (χ0) is 26.3. The smallest absolute Gasteiger partial charge is 0.245 e. The Balaban J connectivity index is 1.02. The zero-order valence-corrected chi connectivity index (χ0v) is 21.6. The van der Waals surface area contributed by atoms with Crippen LogP contribution in [0.2, 0.25) is 0 Å². The molecular weight excluding hydrogens is 491 g/mol. The number of likely N-dealkylation sites (tertiary alicyclic amines) is 1. The molecule has 3 fully saturated rings. The number of nitrogens with one attached hydrogen (secondary N) is 1. The Labute approximate surface area is 221 Å². The molecule has 0 saturated carbocycles. The van der Waals surface area contributed by atoms with Crippen LogP contribution in [0.4, 0.5) is 10.3 Å². The van der Waals surface area contributed by atoms with E-state index < -0.39 is 0 Å². The van der Waals surface area contributed by atoms with Crippen LogP contribution in [0.15, 0.2) is 30.5 Å². The topological polar surface area (TPSA) is 107 Å². The summed E-state index contributed by atoms with van der Waals surface area (Å²) in [6.45, 7) is 7.83. The summed E-state index contributed by atoms with van der Waals surface area (Å²) in [6, 6.07) is 6.30. The first kappa shape index (κ1) is 26.4. The van der Waals surface area contributed by atoms with Gasteiger partial charge in [0.05, 0.1) is 38.2 Å². The summed E-state index contributed by atoms with van der Waals surface area (Å²) in [5.74, 6) is 0.447. The Kier molecular flexibility index (Phi) is 8.72. The lowest BCUT2D eigenvalue weighted by atomic mass is 10.0. The van der Waals surface area contributed by atoms with Gasteiger partial charge in [-0.1, -0.05) is 0 Å². The molecule has 0 bridgehead atoms. The van der Waals surface area contributed by atoms with Gasteiger partial charge in [-0.05, 0) is 37.1 Å². The molecule has 0 radical (unpaired) electrons. The number of carbonyl (C=O) groups excluding carboxylic acids is 2. The number of hydrogen-bond donors (Lipinski definition) is 1. The van der Waals surface area contributed by atoms with Gasteiger partial charge >= 0.3 is 0 Å². The van der Waals surface area contributed by atoms with Crippen molar-refractivity contribution in [3.05, 3.63) is 36.3 Å². The van der Waals surface area contributed by atoms with E-state index in [9.17, 15) is 14.0 Å². The number of piperazine rings is 1. The molecule has 0 atom stereocenters. The predicted molar refractivity (Wildman–Crippen MR) is 139 cm³/mol. The Bertz CT molecular complexity index is 1080. The molecule has 204 valence electrons. The van der Waals surface area contributed by atoms with Gasteiger partial charge in [0.25, 0.3) is 0 Å². The van der Waals surface area contributed by atoms with Crippen molar-refractivity contribution in [1.29, 1.82) is 0 Å². The van der Waals surface area contributed by atoms with Crippen LogP contribution < -0.4 is 10.2 Å². The molecule has 0 spiro atoms. The van der Waals surface area contributed by atoms with Crippen LogP contribution in [0.1, 0.15) is 12.8 Å². The van der Waals surface area contributed by atoms with E-state index >= 15 is 0 Å². The van der Waals surface area contributed by atoms with E-state index in [1.54, 1.807) is 18.3 Å². The number of aromatic nitrogens is 3. The number of benzene rings is 1. The third kappa shape index (κ3) is 7.00. The Hall–Kier alpha value is -3.22. The second kappa shape index (κ2) is 12.5. The number of piperidine rings is 1. The molecule has 3 aliphatic rings. The minimum Gasteiger partial charge on any atom is -0.378 e. The molecule has 1 N–H and O–H groups in total. The highest BCUT2D eigenvalue weighted by Gasteiger charge is 2.26. The van der Waals surface area contributed by atoms with E-state index in [0.717, 1.165) is 44.6 Å². The minimum absolute atomic E-state index is 0.0394. The van der Waals surface area contributed by atoms with Crippen molar-refractivity contribution in [2.75, 3.05) is 83.6 Å². The summed E-state index contributed by atoms with van der Waals surface area (Å²) in [6.07, 6.45) is 3.28. The number of hydrogen-bond acceptors (Lipinski definition) is 9. The molecule has 3 aliphatic heterocycles. The van der Waals surface area contributed by atoms with Crippen molar-refractivity contribution < 1.29 is 18.7 Å². The van der Waals surface area contributed by atoms with Crippen LogP contribution in [0.3, 0.4) is 0 Å². The number of anilines is 1. The highest BCUT2D eigenvalue weighted by Crippen LogP contribution is 2.19. The van der Waals surface area contributed by atoms with Crippen LogP contribution >= 0.6 is 0 Å². The molecular formula is C26H35FN8O3. The highest BCUT2D eigenvalue weighted by atomic mass is 19.1. The fraction of sp³-hybridized carbons (Fsp3) is 0.577. The Morgan fingerprint density at radius 3 is 2.32 bits per heavy atom. The third-order valence-electron chi connectivity index (χ3n) is 7.39. The molecule has 11 nitrogen and oxygen atoms in total. The zero-order valence-electron chi connectivity index (χ0n) is 21.6. The van der Waals surface area contributed by atoms with Crippen molar-refractivity contribution in [1.82, 2.24) is 35.2 Å². The third-order valence-corrected chi connectivity index (χ3v) is 7.39. The number of rotatable bonds is 7. The standard InChI is InChI=1S/C26H35FN8O3/c27-21-3-1-20(2-4-21)23-17-28-31-26(30-23)35-11-9-33(10-12-35)18-24(36)29-22-5-7-32(8-6-22)19-25(37)34-13-15-38-16-14-34/h1-4,17,22H,5-16,18-19H2,(H,29,36). The molecule has 0 aliphatic carbocycles. The molecule has 4 heterocycles. The second-order valence-electron chi connectivity index (χ2n) is 10.0. The number of nitrogens with zero attached hydrogens (tertiary/aromatic N) is 7. The summed E-state index contributed by atoms with van der Waals surface area (Å²) in [5.41, 5.74) is 1.43. The van der Waals surface area contributed by atoms with Crippen LogP contribution in [0, 0.1) is 5.82 Å². The van der Waals surface area contributed by atoms with Gasteiger partial charge in [0.1, 0.15) is 5.82 Å². The number of carbonyl (C=O) groups is 2. The Morgan fingerprint density at radius 1 is 0.921 bits per heavy atom. The van der Waals surface area contributed by atoms with E-state index in [4.69, 9.17) is 4.74 Å².